The van der Waals surface area contributed by atoms with E-state index in [1.807, 2.05) is 26.0 Å². The van der Waals surface area contributed by atoms with Gasteiger partial charge in [0.25, 0.3) is 0 Å². The Morgan fingerprint density at radius 3 is 2.84 bits per heavy atom. The van der Waals surface area contributed by atoms with Crippen LogP contribution in [0, 0.1) is 12.8 Å². The van der Waals surface area contributed by atoms with Crippen LogP contribution in [0.5, 0.6) is 0 Å². The lowest BCUT2D eigenvalue weighted by atomic mass is 9.89. The summed E-state index contributed by atoms with van der Waals surface area (Å²) in [6.07, 6.45) is 9.91. The second kappa shape index (κ2) is 12.9. The van der Waals surface area contributed by atoms with E-state index in [1.54, 1.807) is 0 Å². The van der Waals surface area contributed by atoms with Crippen LogP contribution in [0.2, 0.25) is 0 Å². The van der Waals surface area contributed by atoms with Crippen LogP contribution in [0.3, 0.4) is 0 Å². The van der Waals surface area contributed by atoms with Crippen molar-refractivity contribution in [1.29, 1.82) is 0 Å². The zero-order chi connectivity index (χ0) is 26.4. The minimum absolute atomic E-state index is 0.0520. The van der Waals surface area contributed by atoms with Crippen LogP contribution in [0.25, 0.3) is 16.8 Å². The quantitative estimate of drug-likeness (QED) is 0.201. The molecular formula is C31H39IN4O. The van der Waals surface area contributed by atoms with Crippen molar-refractivity contribution >= 4 is 36.3 Å². The Balaban J connectivity index is 1.70. The maximum absolute atomic E-state index is 10.4. The van der Waals surface area contributed by atoms with E-state index >= 15 is 0 Å². The molecule has 2 aliphatic heterocycles. The Hall–Kier alpha value is -2.42. The summed E-state index contributed by atoms with van der Waals surface area (Å²) in [6.45, 7) is 11.8. The summed E-state index contributed by atoms with van der Waals surface area (Å²) < 4.78 is 4.68. The van der Waals surface area contributed by atoms with Crippen LogP contribution in [-0.2, 0) is 6.42 Å². The Labute approximate surface area is 232 Å². The maximum Gasteiger partial charge on any atom is 0.0735 e. The first-order valence-electron chi connectivity index (χ1n) is 13.1. The van der Waals surface area contributed by atoms with Gasteiger partial charge in [-0.15, -0.1) is 0 Å². The Morgan fingerprint density at radius 2 is 2.14 bits per heavy atom. The summed E-state index contributed by atoms with van der Waals surface area (Å²) in [7, 11) is 2.15. The summed E-state index contributed by atoms with van der Waals surface area (Å²) in [6, 6.07) is 11.0. The standard InChI is InChI=1S/C31H39IN4O/c1-6-9-28(34-21(2)3)27-16-22(4)31(25-12-7-11-24(17-25)26-18-32-36(5)20-26)35-29(27)13-8-10-23-14-15-33-19-30(23)37/h6-7,9,11-12,16-18,20,23,30,33,37H,2,8,10,13-15,19H2,1,3-5H3/b9-6-,34-28?/t23-,30+/m0/s1. The summed E-state index contributed by atoms with van der Waals surface area (Å²) >= 11 is -0.0520. The van der Waals surface area contributed by atoms with E-state index in [1.165, 1.54) is 11.1 Å². The van der Waals surface area contributed by atoms with E-state index < -0.39 is 0 Å². The molecule has 0 saturated carbocycles. The number of aryl methyl sites for hydroxylation is 2. The minimum Gasteiger partial charge on any atom is -0.392 e. The van der Waals surface area contributed by atoms with Gasteiger partial charge in [-0.25, -0.2) is 0 Å². The normalized spacial score (nSPS) is 20.3. The zero-order valence-corrected chi connectivity index (χ0v) is 24.6. The smallest absolute Gasteiger partial charge is 0.0735 e. The molecule has 2 aromatic rings. The van der Waals surface area contributed by atoms with Gasteiger partial charge in [0.05, 0.1) is 23.2 Å². The van der Waals surface area contributed by atoms with Gasteiger partial charge in [-0.1, -0.05) is 30.9 Å². The predicted molar refractivity (Wildman–Crippen MR) is 166 cm³/mol. The highest BCUT2D eigenvalue weighted by atomic mass is 127. The second-order valence-corrected chi connectivity index (χ2v) is 12.7. The molecule has 1 saturated heterocycles. The summed E-state index contributed by atoms with van der Waals surface area (Å²) in [5.41, 5.74) is 9.66. The fraction of sp³-hybridized carbons (Fsp3) is 0.387. The first-order valence-corrected chi connectivity index (χ1v) is 15.4. The monoisotopic (exact) mass is 610 g/mol. The molecule has 0 unspecified atom stereocenters. The van der Waals surface area contributed by atoms with Gasteiger partial charge in [0.1, 0.15) is 0 Å². The molecule has 2 aliphatic rings. The van der Waals surface area contributed by atoms with E-state index in [-0.39, 0.29) is 27.1 Å². The van der Waals surface area contributed by atoms with Crippen LogP contribution in [-0.4, -0.2) is 49.2 Å². The third-order valence-corrected chi connectivity index (χ3v) is 9.00. The lowest BCUT2D eigenvalue weighted by molar-refractivity contribution is 0.0761. The number of hydrogen-bond donors (Lipinski definition) is 2. The number of halogens is 1. The number of piperidine rings is 1. The van der Waals surface area contributed by atoms with Crippen molar-refractivity contribution in [3.05, 3.63) is 83.3 Å². The molecule has 0 aliphatic carbocycles. The molecule has 1 aromatic heterocycles. The van der Waals surface area contributed by atoms with E-state index in [9.17, 15) is 5.11 Å². The highest BCUT2D eigenvalue weighted by Crippen LogP contribution is 2.30. The van der Waals surface area contributed by atoms with E-state index in [0.717, 1.165) is 71.7 Å². The number of β-amino-alcohol motifs (C(OH)–C–C–N with tert-alkyl or cyclic N) is 1. The highest BCUT2D eigenvalue weighted by molar-refractivity contribution is 14.2. The number of aliphatic imine (C=N–C) groups is 1. The van der Waals surface area contributed by atoms with Crippen molar-refractivity contribution in [1.82, 2.24) is 13.4 Å². The van der Waals surface area contributed by atoms with E-state index in [0.29, 0.717) is 12.5 Å². The molecule has 2 N–H and O–H groups in total. The molecule has 4 rings (SSSR count). The maximum atomic E-state index is 10.4. The van der Waals surface area contributed by atoms with Gasteiger partial charge in [-0.2, -0.15) is 0 Å². The number of rotatable bonds is 9. The molecule has 196 valence electrons. The van der Waals surface area contributed by atoms with Crippen molar-refractivity contribution in [3.8, 4) is 11.3 Å². The number of hydrogen-bond acceptors (Lipinski definition) is 5. The van der Waals surface area contributed by atoms with Crippen LogP contribution in [0.1, 0.15) is 55.5 Å². The average Bonchev–Trinajstić information content (AvgIpc) is 3.32. The molecule has 0 bridgehead atoms. The number of allylic oxidation sites excluding steroid dienone is 4. The summed E-state index contributed by atoms with van der Waals surface area (Å²) in [4.78, 5) is 10.0. The molecular weight excluding hydrogens is 571 g/mol. The number of nitrogens with one attached hydrogen (secondary N) is 1. The molecule has 2 atom stereocenters. The SMILES string of the molecule is C=C(C)N=C(/C=C\C)c1cc(C)c(-c2cccc(C3=CN(C)I=C3)c2)nc1CCC[C@H]1CCNC[C@H]1O. The number of pyridine rings is 1. The van der Waals surface area contributed by atoms with Crippen molar-refractivity contribution in [2.24, 2.45) is 10.9 Å². The van der Waals surface area contributed by atoms with Crippen LogP contribution < -0.4 is 5.32 Å². The van der Waals surface area contributed by atoms with Gasteiger partial charge in [0.2, 0.25) is 0 Å². The Morgan fingerprint density at radius 1 is 1.32 bits per heavy atom. The largest absolute Gasteiger partial charge is 0.392 e. The lowest BCUT2D eigenvalue weighted by Gasteiger charge is -2.28. The van der Waals surface area contributed by atoms with E-state index in [4.69, 9.17) is 9.98 Å². The van der Waals surface area contributed by atoms with Crippen molar-refractivity contribution in [3.63, 3.8) is 0 Å². The molecule has 3 heterocycles. The van der Waals surface area contributed by atoms with Crippen molar-refractivity contribution in [2.75, 3.05) is 20.1 Å². The van der Waals surface area contributed by atoms with Crippen molar-refractivity contribution in [2.45, 2.75) is 52.6 Å². The van der Waals surface area contributed by atoms with Gasteiger partial charge in [0, 0.05) is 42.2 Å². The minimum atomic E-state index is -0.260. The zero-order valence-electron chi connectivity index (χ0n) is 22.5. The molecule has 5 nitrogen and oxygen atoms in total. The number of nitrogens with zero attached hydrogens (tertiary/aromatic N) is 3. The van der Waals surface area contributed by atoms with Crippen LogP contribution >= 0.6 is 21.0 Å². The highest BCUT2D eigenvalue weighted by Gasteiger charge is 2.23. The van der Waals surface area contributed by atoms with Gasteiger partial charge >= 0.3 is 0 Å². The molecule has 0 amide bonds. The number of aliphatic hydroxyl groups is 1. The summed E-state index contributed by atoms with van der Waals surface area (Å²) in [5.74, 6) is 0.349. The topological polar surface area (TPSA) is 60.8 Å². The number of aliphatic hydroxyl groups excluding tert-OH is 1. The fourth-order valence-electron chi connectivity index (χ4n) is 5.03. The first kappa shape index (κ1) is 27.6. The van der Waals surface area contributed by atoms with Gasteiger partial charge in [-0.3, -0.25) is 9.98 Å². The van der Waals surface area contributed by atoms with Gasteiger partial charge in [0.15, 0.2) is 0 Å². The van der Waals surface area contributed by atoms with Gasteiger partial charge in [-0.05, 0) is 113 Å². The number of benzene rings is 1. The third kappa shape index (κ3) is 7.12. The third-order valence-electron chi connectivity index (χ3n) is 6.89. The molecule has 0 spiro atoms. The molecule has 1 fully saturated rings. The fourth-order valence-corrected chi connectivity index (χ4v) is 6.75. The predicted octanol–water partition coefficient (Wildman–Crippen LogP) is 6.22. The van der Waals surface area contributed by atoms with Gasteiger partial charge < -0.3 is 13.5 Å². The average molecular weight is 611 g/mol. The second-order valence-electron chi connectivity index (χ2n) is 9.99. The Bertz CT molecular complexity index is 1260. The molecule has 6 heteroatoms. The lowest BCUT2D eigenvalue weighted by Crippen LogP contribution is -2.40. The Kier molecular flexibility index (Phi) is 9.62. The number of aromatic nitrogens is 1. The first-order chi connectivity index (χ1) is 17.9. The molecule has 0 radical (unpaired) electrons. The van der Waals surface area contributed by atoms with Crippen LogP contribution in [0.4, 0.5) is 0 Å². The molecule has 1 aromatic carbocycles. The molecule has 37 heavy (non-hydrogen) atoms. The summed E-state index contributed by atoms with van der Waals surface area (Å²) in [5, 5.41) is 13.7. The van der Waals surface area contributed by atoms with E-state index in [2.05, 4.69) is 69.5 Å². The van der Waals surface area contributed by atoms with Crippen molar-refractivity contribution < 1.29 is 5.11 Å². The van der Waals surface area contributed by atoms with Crippen LogP contribution in [0.15, 0.2) is 66.0 Å².